The molecule has 146 valence electrons. The number of para-hydroxylation sites is 3. The molecule has 2 aliphatic rings. The lowest BCUT2D eigenvalue weighted by Crippen LogP contribution is -2.53. The zero-order valence-corrected chi connectivity index (χ0v) is 16.9. The Morgan fingerprint density at radius 3 is 2.04 bits per heavy atom. The largest absolute Gasteiger partial charge is 0.495 e. The Labute approximate surface area is 169 Å². The van der Waals surface area contributed by atoms with Crippen molar-refractivity contribution >= 4 is 23.8 Å². The van der Waals surface area contributed by atoms with Crippen molar-refractivity contribution in [3.8, 4) is 5.75 Å². The summed E-state index contributed by atoms with van der Waals surface area (Å²) in [7, 11) is 1.76. The summed E-state index contributed by atoms with van der Waals surface area (Å²) in [6, 6.07) is 19.9. The third-order valence-corrected chi connectivity index (χ3v) is 5.84. The Balaban J connectivity index is 0.00000210. The number of hydrogen-bond donors (Lipinski definition) is 0. The fourth-order valence-corrected chi connectivity index (χ4v) is 4.35. The van der Waals surface area contributed by atoms with E-state index in [-0.39, 0.29) is 12.4 Å². The van der Waals surface area contributed by atoms with Gasteiger partial charge in [-0.1, -0.05) is 30.3 Å². The fourth-order valence-electron chi connectivity index (χ4n) is 4.35. The molecule has 0 saturated carbocycles. The first kappa shape index (κ1) is 19.8. The number of anilines is 2. The number of nitrogens with zero attached hydrogens (tertiary/aromatic N) is 3. The van der Waals surface area contributed by atoms with E-state index in [4.69, 9.17) is 4.74 Å². The molecule has 0 aliphatic carbocycles. The maximum absolute atomic E-state index is 5.53. The third-order valence-electron chi connectivity index (χ3n) is 5.84. The van der Waals surface area contributed by atoms with Gasteiger partial charge in [0.1, 0.15) is 5.75 Å². The van der Waals surface area contributed by atoms with Crippen LogP contribution in [0, 0.1) is 0 Å². The van der Waals surface area contributed by atoms with Gasteiger partial charge in [-0.15, -0.1) is 12.4 Å². The van der Waals surface area contributed by atoms with E-state index in [1.54, 1.807) is 7.11 Å². The number of piperazine rings is 1. The van der Waals surface area contributed by atoms with Crippen LogP contribution in [0.25, 0.3) is 0 Å². The second-order valence-electron chi connectivity index (χ2n) is 7.25. The first-order chi connectivity index (χ1) is 12.8. The van der Waals surface area contributed by atoms with Gasteiger partial charge in [0.2, 0.25) is 0 Å². The lowest BCUT2D eigenvalue weighted by Gasteiger charge is -2.44. The molecule has 0 unspecified atom stereocenters. The number of halogens is 1. The standard InChI is InChI=1S/C22H29N3O.ClH/c1-26-22-10-6-5-9-21(22)25-17-15-24(16-18-25)20-11-13-23(14-12-20)19-7-3-2-4-8-19;/h2-10,20H,11-18H2,1H3;1H. The number of ether oxygens (including phenoxy) is 1. The summed E-state index contributed by atoms with van der Waals surface area (Å²) in [5.74, 6) is 0.983. The molecule has 0 radical (unpaired) electrons. The highest BCUT2D eigenvalue weighted by molar-refractivity contribution is 5.85. The minimum Gasteiger partial charge on any atom is -0.495 e. The van der Waals surface area contributed by atoms with Crippen LogP contribution < -0.4 is 14.5 Å². The highest BCUT2D eigenvalue weighted by Crippen LogP contribution is 2.29. The van der Waals surface area contributed by atoms with Crippen molar-refractivity contribution in [2.24, 2.45) is 0 Å². The van der Waals surface area contributed by atoms with E-state index in [1.165, 1.54) is 37.3 Å². The van der Waals surface area contributed by atoms with Crippen LogP contribution in [0.2, 0.25) is 0 Å². The summed E-state index contributed by atoms with van der Waals surface area (Å²) in [4.78, 5) is 7.70. The maximum Gasteiger partial charge on any atom is 0.142 e. The molecule has 2 aromatic rings. The van der Waals surface area contributed by atoms with E-state index in [1.807, 2.05) is 6.07 Å². The number of hydrogen-bond acceptors (Lipinski definition) is 4. The van der Waals surface area contributed by atoms with Gasteiger partial charge in [-0.05, 0) is 37.1 Å². The molecule has 0 amide bonds. The lowest BCUT2D eigenvalue weighted by molar-refractivity contribution is 0.159. The zero-order valence-electron chi connectivity index (χ0n) is 16.1. The van der Waals surface area contributed by atoms with Crippen LogP contribution in [0.3, 0.4) is 0 Å². The van der Waals surface area contributed by atoms with Crippen LogP contribution in [0.1, 0.15) is 12.8 Å². The number of rotatable bonds is 4. The fraction of sp³-hybridized carbons (Fsp3) is 0.455. The van der Waals surface area contributed by atoms with E-state index >= 15 is 0 Å². The van der Waals surface area contributed by atoms with E-state index in [9.17, 15) is 0 Å². The molecule has 4 nitrogen and oxygen atoms in total. The summed E-state index contributed by atoms with van der Waals surface area (Å²) in [6.07, 6.45) is 2.53. The minimum atomic E-state index is 0. The van der Waals surface area contributed by atoms with Gasteiger partial charge < -0.3 is 14.5 Å². The van der Waals surface area contributed by atoms with Crippen LogP contribution in [-0.2, 0) is 0 Å². The SMILES string of the molecule is COc1ccccc1N1CCN(C2CCN(c3ccccc3)CC2)CC1.Cl. The smallest absolute Gasteiger partial charge is 0.142 e. The number of piperidine rings is 1. The highest BCUT2D eigenvalue weighted by Gasteiger charge is 2.28. The van der Waals surface area contributed by atoms with Crippen molar-refractivity contribution in [2.75, 3.05) is 56.2 Å². The van der Waals surface area contributed by atoms with Crippen LogP contribution in [0.15, 0.2) is 54.6 Å². The third kappa shape index (κ3) is 4.50. The normalized spacial score (nSPS) is 18.9. The van der Waals surface area contributed by atoms with Crippen LogP contribution in [-0.4, -0.2) is 57.3 Å². The second kappa shape index (κ2) is 9.34. The molecule has 0 atom stereocenters. The quantitative estimate of drug-likeness (QED) is 0.791. The minimum absolute atomic E-state index is 0. The van der Waals surface area contributed by atoms with Crippen molar-refractivity contribution < 1.29 is 4.74 Å². The molecule has 2 aromatic carbocycles. The molecule has 0 bridgehead atoms. The van der Waals surface area contributed by atoms with E-state index in [0.29, 0.717) is 0 Å². The first-order valence-corrected chi connectivity index (χ1v) is 9.77. The average Bonchev–Trinajstić information content (AvgIpc) is 2.74. The van der Waals surface area contributed by atoms with Crippen molar-refractivity contribution in [3.63, 3.8) is 0 Å². The molecule has 2 fully saturated rings. The lowest BCUT2D eigenvalue weighted by atomic mass is 10.0. The van der Waals surface area contributed by atoms with Crippen LogP contribution in [0.5, 0.6) is 5.75 Å². The molecular weight excluding hydrogens is 358 g/mol. The van der Waals surface area contributed by atoms with Crippen molar-refractivity contribution in [3.05, 3.63) is 54.6 Å². The summed E-state index contributed by atoms with van der Waals surface area (Å²) in [5, 5.41) is 0. The van der Waals surface area contributed by atoms with Crippen LogP contribution in [0.4, 0.5) is 11.4 Å². The molecule has 0 spiro atoms. The zero-order chi connectivity index (χ0) is 17.8. The second-order valence-corrected chi connectivity index (χ2v) is 7.25. The molecular formula is C22H30ClN3O. The Kier molecular flexibility index (Phi) is 6.86. The molecule has 2 heterocycles. The van der Waals surface area contributed by atoms with Gasteiger partial charge in [-0.2, -0.15) is 0 Å². The molecule has 2 aliphatic heterocycles. The van der Waals surface area contributed by atoms with Crippen molar-refractivity contribution in [1.82, 2.24) is 4.90 Å². The van der Waals surface area contributed by atoms with Crippen LogP contribution >= 0.6 is 12.4 Å². The maximum atomic E-state index is 5.53. The topological polar surface area (TPSA) is 19.0 Å². The van der Waals surface area contributed by atoms with Gasteiger partial charge in [0.05, 0.1) is 12.8 Å². The monoisotopic (exact) mass is 387 g/mol. The summed E-state index contributed by atoms with van der Waals surface area (Å²) >= 11 is 0. The first-order valence-electron chi connectivity index (χ1n) is 9.77. The van der Waals surface area contributed by atoms with E-state index in [2.05, 4.69) is 63.2 Å². The van der Waals surface area contributed by atoms with Gasteiger partial charge in [-0.3, -0.25) is 4.90 Å². The highest BCUT2D eigenvalue weighted by atomic mass is 35.5. The van der Waals surface area contributed by atoms with Gasteiger partial charge in [0.25, 0.3) is 0 Å². The molecule has 0 aromatic heterocycles. The number of benzene rings is 2. The van der Waals surface area contributed by atoms with Gasteiger partial charge in [0, 0.05) is 51.0 Å². The van der Waals surface area contributed by atoms with Crippen molar-refractivity contribution in [2.45, 2.75) is 18.9 Å². The number of methoxy groups -OCH3 is 1. The predicted molar refractivity (Wildman–Crippen MR) is 116 cm³/mol. The average molecular weight is 388 g/mol. The van der Waals surface area contributed by atoms with E-state index < -0.39 is 0 Å². The summed E-state index contributed by atoms with van der Waals surface area (Å²) < 4.78 is 5.53. The molecule has 4 rings (SSSR count). The summed E-state index contributed by atoms with van der Waals surface area (Å²) in [6.45, 7) is 6.80. The van der Waals surface area contributed by atoms with Gasteiger partial charge >= 0.3 is 0 Å². The predicted octanol–water partition coefficient (Wildman–Crippen LogP) is 3.91. The molecule has 0 N–H and O–H groups in total. The Hall–Kier alpha value is -1.91. The molecule has 27 heavy (non-hydrogen) atoms. The molecule has 5 heteroatoms. The van der Waals surface area contributed by atoms with E-state index in [0.717, 1.165) is 38.0 Å². The Bertz CT molecular complexity index is 696. The Morgan fingerprint density at radius 1 is 0.741 bits per heavy atom. The Morgan fingerprint density at radius 2 is 1.37 bits per heavy atom. The summed E-state index contributed by atoms with van der Waals surface area (Å²) in [5.41, 5.74) is 2.60. The van der Waals surface area contributed by atoms with Crippen molar-refractivity contribution in [1.29, 1.82) is 0 Å². The molecule has 2 saturated heterocycles. The van der Waals surface area contributed by atoms with Gasteiger partial charge in [-0.25, -0.2) is 0 Å². The van der Waals surface area contributed by atoms with Gasteiger partial charge in [0.15, 0.2) is 0 Å².